The Balaban J connectivity index is 2.08. The number of anilines is 1. The number of aromatic nitrogens is 1. The zero-order chi connectivity index (χ0) is 13.0. The maximum atomic E-state index is 11.6. The van der Waals surface area contributed by atoms with Crippen LogP contribution in [0.15, 0.2) is 39.0 Å². The van der Waals surface area contributed by atoms with Gasteiger partial charge in [-0.05, 0) is 39.9 Å². The third kappa shape index (κ3) is 3.23. The zero-order valence-electron chi connectivity index (χ0n) is 10.1. The monoisotopic (exact) mass is 326 g/mol. The molecule has 1 N–H and O–H groups in total. The predicted molar refractivity (Wildman–Crippen MR) is 80.3 cm³/mol. The molecule has 5 heteroatoms. The van der Waals surface area contributed by atoms with Gasteiger partial charge >= 0.3 is 0 Å². The van der Waals surface area contributed by atoms with Crippen LogP contribution in [-0.4, -0.2) is 4.57 Å². The minimum atomic E-state index is 0.0553. The summed E-state index contributed by atoms with van der Waals surface area (Å²) < 4.78 is 2.87. The van der Waals surface area contributed by atoms with Crippen molar-refractivity contribution in [2.24, 2.45) is 0 Å². The summed E-state index contributed by atoms with van der Waals surface area (Å²) in [5.74, 6) is 0. The van der Waals surface area contributed by atoms with Crippen LogP contribution in [0.3, 0.4) is 0 Å². The fraction of sp³-hybridized carbons (Fsp3) is 0.308. The van der Waals surface area contributed by atoms with E-state index in [-0.39, 0.29) is 5.56 Å². The molecule has 0 aliphatic heterocycles. The molecule has 2 aromatic rings. The van der Waals surface area contributed by atoms with Crippen LogP contribution in [0.4, 0.5) is 5.69 Å². The highest BCUT2D eigenvalue weighted by Gasteiger charge is 2.02. The number of hydrogen-bond donors (Lipinski definition) is 1. The Hall–Kier alpha value is -1.07. The van der Waals surface area contributed by atoms with Gasteiger partial charge in [0.05, 0.1) is 12.2 Å². The summed E-state index contributed by atoms with van der Waals surface area (Å²) in [7, 11) is 0. The molecular weight excluding hydrogens is 312 g/mol. The Morgan fingerprint density at radius 1 is 1.39 bits per heavy atom. The minimum Gasteiger partial charge on any atom is -0.379 e. The zero-order valence-corrected chi connectivity index (χ0v) is 12.6. The van der Waals surface area contributed by atoms with Gasteiger partial charge in [-0.1, -0.05) is 6.92 Å². The van der Waals surface area contributed by atoms with Crippen molar-refractivity contribution in [3.8, 4) is 0 Å². The fourth-order valence-corrected chi connectivity index (χ4v) is 3.12. The minimum absolute atomic E-state index is 0.0553. The van der Waals surface area contributed by atoms with Crippen molar-refractivity contribution in [2.75, 3.05) is 5.32 Å². The van der Waals surface area contributed by atoms with Gasteiger partial charge in [-0.2, -0.15) is 0 Å². The second-order valence-corrected chi connectivity index (χ2v) is 5.85. The first kappa shape index (κ1) is 13.4. The molecule has 0 spiro atoms. The molecule has 2 rings (SSSR count). The summed E-state index contributed by atoms with van der Waals surface area (Å²) >= 11 is 5.21. The quantitative estimate of drug-likeness (QED) is 0.909. The van der Waals surface area contributed by atoms with E-state index in [9.17, 15) is 4.79 Å². The molecule has 0 saturated heterocycles. The average Bonchev–Trinajstić information content (AvgIpc) is 2.76. The molecule has 0 fully saturated rings. The molecule has 0 bridgehead atoms. The molecule has 18 heavy (non-hydrogen) atoms. The van der Waals surface area contributed by atoms with E-state index >= 15 is 0 Å². The highest BCUT2D eigenvalue weighted by molar-refractivity contribution is 9.10. The predicted octanol–water partition coefficient (Wildman–Crippen LogP) is 3.69. The normalized spacial score (nSPS) is 10.6. The molecule has 2 aromatic heterocycles. The SMILES string of the molecule is CCCn1cc(NCc2sccc2Br)ccc1=O. The van der Waals surface area contributed by atoms with Crippen molar-refractivity contribution in [2.45, 2.75) is 26.4 Å². The summed E-state index contributed by atoms with van der Waals surface area (Å²) in [5.41, 5.74) is 1.03. The number of hydrogen-bond acceptors (Lipinski definition) is 3. The van der Waals surface area contributed by atoms with E-state index in [0.717, 1.165) is 29.7 Å². The van der Waals surface area contributed by atoms with Crippen LogP contribution in [0.25, 0.3) is 0 Å². The molecule has 0 unspecified atom stereocenters. The standard InChI is InChI=1S/C13H15BrN2OS/c1-2-6-16-9-10(3-4-13(16)17)15-8-12-11(14)5-7-18-12/h3-5,7,9,15H,2,6,8H2,1H3. The molecule has 2 heterocycles. The van der Waals surface area contributed by atoms with Gasteiger partial charge in [0.25, 0.3) is 5.56 Å². The first-order chi connectivity index (χ1) is 8.70. The second kappa shape index (κ2) is 6.20. The van der Waals surface area contributed by atoms with Crippen LogP contribution in [0, 0.1) is 0 Å². The summed E-state index contributed by atoms with van der Waals surface area (Å²) in [6, 6.07) is 5.48. The van der Waals surface area contributed by atoms with Crippen molar-refractivity contribution in [3.05, 3.63) is 49.5 Å². The molecule has 0 aliphatic carbocycles. The summed E-state index contributed by atoms with van der Waals surface area (Å²) in [6.07, 6.45) is 2.84. The Morgan fingerprint density at radius 2 is 2.22 bits per heavy atom. The maximum absolute atomic E-state index is 11.6. The molecular formula is C13H15BrN2OS. The van der Waals surface area contributed by atoms with Gasteiger partial charge in [-0.3, -0.25) is 4.79 Å². The Bertz CT molecular complexity index is 576. The van der Waals surface area contributed by atoms with Gasteiger partial charge in [0, 0.05) is 28.2 Å². The average molecular weight is 327 g/mol. The van der Waals surface area contributed by atoms with Gasteiger partial charge in [0.2, 0.25) is 0 Å². The third-order valence-corrected chi connectivity index (χ3v) is 4.52. The van der Waals surface area contributed by atoms with E-state index in [2.05, 4.69) is 33.6 Å². The number of rotatable bonds is 5. The van der Waals surface area contributed by atoms with Crippen molar-refractivity contribution < 1.29 is 0 Å². The van der Waals surface area contributed by atoms with Gasteiger partial charge in [0.15, 0.2) is 0 Å². The first-order valence-electron chi connectivity index (χ1n) is 5.87. The van der Waals surface area contributed by atoms with Crippen LogP contribution in [-0.2, 0) is 13.1 Å². The number of pyridine rings is 1. The van der Waals surface area contributed by atoms with Gasteiger partial charge in [-0.25, -0.2) is 0 Å². The highest BCUT2D eigenvalue weighted by atomic mass is 79.9. The van der Waals surface area contributed by atoms with Gasteiger partial charge in [-0.15, -0.1) is 11.3 Å². The molecule has 0 amide bonds. The smallest absolute Gasteiger partial charge is 0.250 e. The van der Waals surface area contributed by atoms with Crippen LogP contribution < -0.4 is 10.9 Å². The molecule has 0 atom stereocenters. The van der Waals surface area contributed by atoms with Crippen LogP contribution in [0.1, 0.15) is 18.2 Å². The summed E-state index contributed by atoms with van der Waals surface area (Å²) in [6.45, 7) is 3.59. The Kier molecular flexibility index (Phi) is 4.60. The van der Waals surface area contributed by atoms with Gasteiger partial charge < -0.3 is 9.88 Å². The second-order valence-electron chi connectivity index (χ2n) is 3.99. The maximum Gasteiger partial charge on any atom is 0.250 e. The largest absolute Gasteiger partial charge is 0.379 e. The van der Waals surface area contributed by atoms with E-state index in [0.29, 0.717) is 0 Å². The van der Waals surface area contributed by atoms with Crippen LogP contribution in [0.2, 0.25) is 0 Å². The molecule has 3 nitrogen and oxygen atoms in total. The lowest BCUT2D eigenvalue weighted by Gasteiger charge is -2.09. The van der Waals surface area contributed by atoms with Crippen LogP contribution in [0.5, 0.6) is 0 Å². The number of aryl methyl sites for hydroxylation is 1. The number of nitrogens with one attached hydrogen (secondary N) is 1. The lowest BCUT2D eigenvalue weighted by Crippen LogP contribution is -2.18. The Labute approximate surface area is 119 Å². The van der Waals surface area contributed by atoms with Crippen molar-refractivity contribution in [1.82, 2.24) is 4.57 Å². The Morgan fingerprint density at radius 3 is 2.89 bits per heavy atom. The van der Waals surface area contributed by atoms with E-state index in [1.807, 2.05) is 18.3 Å². The van der Waals surface area contributed by atoms with E-state index in [1.165, 1.54) is 4.88 Å². The molecule has 0 saturated carbocycles. The van der Waals surface area contributed by atoms with E-state index in [4.69, 9.17) is 0 Å². The van der Waals surface area contributed by atoms with Crippen molar-refractivity contribution in [1.29, 1.82) is 0 Å². The number of thiophene rings is 1. The van der Waals surface area contributed by atoms with E-state index in [1.54, 1.807) is 22.0 Å². The van der Waals surface area contributed by atoms with Gasteiger partial charge in [0.1, 0.15) is 0 Å². The summed E-state index contributed by atoms with van der Waals surface area (Å²) in [5, 5.41) is 5.39. The first-order valence-corrected chi connectivity index (χ1v) is 7.54. The summed E-state index contributed by atoms with van der Waals surface area (Å²) in [4.78, 5) is 12.8. The third-order valence-electron chi connectivity index (χ3n) is 2.59. The lowest BCUT2D eigenvalue weighted by atomic mass is 10.3. The highest BCUT2D eigenvalue weighted by Crippen LogP contribution is 2.23. The molecule has 0 aromatic carbocycles. The van der Waals surface area contributed by atoms with Crippen molar-refractivity contribution in [3.63, 3.8) is 0 Å². The van der Waals surface area contributed by atoms with E-state index < -0.39 is 0 Å². The molecule has 0 aliphatic rings. The number of halogens is 1. The van der Waals surface area contributed by atoms with Crippen molar-refractivity contribution >= 4 is 33.0 Å². The lowest BCUT2D eigenvalue weighted by molar-refractivity contribution is 0.655. The molecule has 0 radical (unpaired) electrons. The van der Waals surface area contributed by atoms with Crippen LogP contribution >= 0.6 is 27.3 Å². The number of nitrogens with zero attached hydrogens (tertiary/aromatic N) is 1. The topological polar surface area (TPSA) is 34.0 Å². The molecule has 96 valence electrons. The fourth-order valence-electron chi connectivity index (χ4n) is 1.69.